The van der Waals surface area contributed by atoms with Crippen molar-refractivity contribution < 1.29 is 80.2 Å². The number of carbonyl (C=O) groups excluding carboxylic acids is 4. The van der Waals surface area contributed by atoms with E-state index in [0.29, 0.717) is 31.6 Å². The van der Waals surface area contributed by atoms with Crippen molar-refractivity contribution in [3.05, 3.63) is 0 Å². The van der Waals surface area contributed by atoms with E-state index in [1.165, 1.54) is 128 Å². The van der Waals surface area contributed by atoms with Gasteiger partial charge in [-0.25, -0.2) is 9.13 Å². The molecule has 0 fully saturated rings. The molecule has 0 aromatic heterocycles. The van der Waals surface area contributed by atoms with Crippen LogP contribution in [0.4, 0.5) is 0 Å². The van der Waals surface area contributed by atoms with Gasteiger partial charge < -0.3 is 33.8 Å². The summed E-state index contributed by atoms with van der Waals surface area (Å²) in [5, 5.41) is 10.6. The molecule has 0 saturated carbocycles. The molecule has 17 nitrogen and oxygen atoms in total. The highest BCUT2D eigenvalue weighted by Gasteiger charge is 2.30. The normalized spacial score (nSPS) is 14.6. The van der Waals surface area contributed by atoms with Crippen LogP contribution in [0, 0.1) is 17.8 Å². The van der Waals surface area contributed by atoms with Crippen LogP contribution in [0.2, 0.25) is 0 Å². The third-order valence-electron chi connectivity index (χ3n) is 15.5. The standard InChI is InChI=1S/C66H128O17P2/c1-8-10-11-12-13-14-15-18-27-35-42-49-65(70)82-62(54-77-64(69)48-41-34-29-22-24-31-38-45-58(5)6)56-81-85(74,75)79-52-60(67)51-78-84(72,73)80-55-61(83-66(71)50-43-36-28-19-16-17-23-30-37-44-57(3)4)53-76-63(68)47-40-33-26-21-20-25-32-39-46-59(7)9-2/h57-62,67H,8-56H2,1-7H3,(H,72,73)(H,74,75)/t59?,60-,61-,62-/m1/s1. The maximum atomic E-state index is 13.0. The highest BCUT2D eigenvalue weighted by Crippen LogP contribution is 2.45. The van der Waals surface area contributed by atoms with E-state index in [9.17, 15) is 43.2 Å². The number of rotatable bonds is 64. The van der Waals surface area contributed by atoms with Crippen molar-refractivity contribution in [2.45, 2.75) is 343 Å². The van der Waals surface area contributed by atoms with Gasteiger partial charge in [0.15, 0.2) is 12.2 Å². The molecule has 0 saturated heterocycles. The van der Waals surface area contributed by atoms with Crippen LogP contribution in [0.1, 0.15) is 325 Å². The summed E-state index contributed by atoms with van der Waals surface area (Å²) in [6.07, 6.45) is 38.9. The lowest BCUT2D eigenvalue weighted by atomic mass is 9.99. The number of carbonyl (C=O) groups is 4. The summed E-state index contributed by atoms with van der Waals surface area (Å²) in [4.78, 5) is 72.3. The van der Waals surface area contributed by atoms with Gasteiger partial charge in [-0.2, -0.15) is 0 Å². The van der Waals surface area contributed by atoms with Crippen LogP contribution in [0.5, 0.6) is 0 Å². The van der Waals surface area contributed by atoms with Crippen molar-refractivity contribution in [2.75, 3.05) is 39.6 Å². The molecule has 85 heavy (non-hydrogen) atoms. The Morgan fingerprint density at radius 1 is 0.341 bits per heavy atom. The second kappa shape index (κ2) is 57.2. The molecule has 0 aromatic rings. The zero-order chi connectivity index (χ0) is 63.1. The molecule has 0 aliphatic heterocycles. The molecule has 0 bridgehead atoms. The minimum Gasteiger partial charge on any atom is -0.462 e. The Hall–Kier alpha value is -1.94. The van der Waals surface area contributed by atoms with Crippen LogP contribution in [0.3, 0.4) is 0 Å². The second-order valence-electron chi connectivity index (χ2n) is 25.1. The summed E-state index contributed by atoms with van der Waals surface area (Å²) >= 11 is 0. The number of esters is 4. The summed E-state index contributed by atoms with van der Waals surface area (Å²) < 4.78 is 68.1. The molecule has 19 heteroatoms. The van der Waals surface area contributed by atoms with Gasteiger partial charge in [-0.05, 0) is 43.4 Å². The molecule has 0 aliphatic rings. The van der Waals surface area contributed by atoms with Crippen molar-refractivity contribution in [2.24, 2.45) is 17.8 Å². The Labute approximate surface area is 517 Å². The number of aliphatic hydroxyl groups excluding tert-OH is 1. The fourth-order valence-corrected chi connectivity index (χ4v) is 11.4. The average Bonchev–Trinajstić information content (AvgIpc) is 3.52. The topological polar surface area (TPSA) is 237 Å². The van der Waals surface area contributed by atoms with E-state index < -0.39 is 97.5 Å². The Kier molecular flexibility index (Phi) is 55.9. The molecule has 3 N–H and O–H groups in total. The molecule has 0 aliphatic carbocycles. The summed E-state index contributed by atoms with van der Waals surface area (Å²) in [5.74, 6) is 0.0861. The van der Waals surface area contributed by atoms with E-state index in [1.54, 1.807) is 0 Å². The Morgan fingerprint density at radius 2 is 0.600 bits per heavy atom. The van der Waals surface area contributed by atoms with Crippen LogP contribution >= 0.6 is 15.6 Å². The molecule has 0 rings (SSSR count). The fraction of sp³-hybridized carbons (Fsp3) is 0.939. The average molecular weight is 1260 g/mol. The molecule has 0 aromatic carbocycles. The molecule has 0 spiro atoms. The van der Waals surface area contributed by atoms with Crippen molar-refractivity contribution in [1.29, 1.82) is 0 Å². The first-order chi connectivity index (χ1) is 40.8. The molecular formula is C66H128O17P2. The van der Waals surface area contributed by atoms with Crippen LogP contribution in [0.25, 0.3) is 0 Å². The fourth-order valence-electron chi connectivity index (χ4n) is 9.80. The number of phosphoric ester groups is 2. The van der Waals surface area contributed by atoms with Gasteiger partial charge in [-0.3, -0.25) is 37.3 Å². The number of hydrogen-bond donors (Lipinski definition) is 3. The second-order valence-corrected chi connectivity index (χ2v) is 28.0. The molecule has 504 valence electrons. The molecule has 0 heterocycles. The van der Waals surface area contributed by atoms with Crippen molar-refractivity contribution in [1.82, 2.24) is 0 Å². The molecular weight excluding hydrogens is 1130 g/mol. The van der Waals surface area contributed by atoms with E-state index >= 15 is 0 Å². The number of hydrogen-bond acceptors (Lipinski definition) is 15. The van der Waals surface area contributed by atoms with Crippen LogP contribution in [-0.4, -0.2) is 96.7 Å². The highest BCUT2D eigenvalue weighted by molar-refractivity contribution is 7.47. The van der Waals surface area contributed by atoms with Gasteiger partial charge in [0, 0.05) is 25.7 Å². The van der Waals surface area contributed by atoms with Crippen molar-refractivity contribution in [3.8, 4) is 0 Å². The summed E-state index contributed by atoms with van der Waals surface area (Å²) in [6, 6.07) is 0. The summed E-state index contributed by atoms with van der Waals surface area (Å²) in [7, 11) is -9.89. The number of phosphoric acid groups is 2. The van der Waals surface area contributed by atoms with Gasteiger partial charge in [-0.15, -0.1) is 0 Å². The number of aliphatic hydroxyl groups is 1. The minimum absolute atomic E-state index is 0.104. The molecule has 6 atom stereocenters. The number of unbranched alkanes of at least 4 members (excludes halogenated alkanes) is 31. The molecule has 3 unspecified atom stereocenters. The summed E-state index contributed by atoms with van der Waals surface area (Å²) in [6.45, 7) is 11.7. The van der Waals surface area contributed by atoms with E-state index in [0.717, 1.165) is 108 Å². The molecule has 0 radical (unpaired) electrons. The Bertz CT molecular complexity index is 1680. The first kappa shape index (κ1) is 83.1. The highest BCUT2D eigenvalue weighted by atomic mass is 31.2. The summed E-state index contributed by atoms with van der Waals surface area (Å²) in [5.41, 5.74) is 0. The van der Waals surface area contributed by atoms with E-state index in [1.807, 2.05) is 0 Å². The van der Waals surface area contributed by atoms with E-state index in [4.69, 9.17) is 37.0 Å². The maximum Gasteiger partial charge on any atom is 0.472 e. The third kappa shape index (κ3) is 59.5. The SMILES string of the molecule is CCCCCCCCCCCCCC(=O)O[C@H](COC(=O)CCCCCCCCCC(C)C)COP(=O)(O)OC[C@H](O)COP(=O)(O)OC[C@@H](COC(=O)CCCCCCCCCCC(C)CC)OC(=O)CCCCCCCCCCCC(C)C. The van der Waals surface area contributed by atoms with Gasteiger partial charge >= 0.3 is 39.5 Å². The quantitative estimate of drug-likeness (QED) is 0.0222. The van der Waals surface area contributed by atoms with Gasteiger partial charge in [-0.1, -0.05) is 273 Å². The maximum absolute atomic E-state index is 13.0. The zero-order valence-electron chi connectivity index (χ0n) is 55.1. The first-order valence-corrected chi connectivity index (χ1v) is 37.4. The lowest BCUT2D eigenvalue weighted by Gasteiger charge is -2.21. The van der Waals surface area contributed by atoms with Crippen molar-refractivity contribution >= 4 is 39.5 Å². The number of ether oxygens (including phenoxy) is 4. The first-order valence-electron chi connectivity index (χ1n) is 34.4. The monoisotopic (exact) mass is 1250 g/mol. The minimum atomic E-state index is -4.95. The molecule has 0 amide bonds. The van der Waals surface area contributed by atoms with Gasteiger partial charge in [0.05, 0.1) is 26.4 Å². The van der Waals surface area contributed by atoms with Gasteiger partial charge in [0.2, 0.25) is 0 Å². The Balaban J connectivity index is 5.26. The Morgan fingerprint density at radius 3 is 0.894 bits per heavy atom. The van der Waals surface area contributed by atoms with Crippen molar-refractivity contribution in [3.63, 3.8) is 0 Å². The van der Waals surface area contributed by atoms with Crippen LogP contribution in [0.15, 0.2) is 0 Å². The lowest BCUT2D eigenvalue weighted by molar-refractivity contribution is -0.161. The predicted molar refractivity (Wildman–Crippen MR) is 340 cm³/mol. The largest absolute Gasteiger partial charge is 0.472 e. The van der Waals surface area contributed by atoms with Crippen LogP contribution in [-0.2, 0) is 65.4 Å². The van der Waals surface area contributed by atoms with E-state index in [2.05, 4.69) is 48.5 Å². The lowest BCUT2D eigenvalue weighted by Crippen LogP contribution is -2.30. The zero-order valence-corrected chi connectivity index (χ0v) is 56.9. The van der Waals surface area contributed by atoms with Gasteiger partial charge in [0.1, 0.15) is 19.3 Å². The third-order valence-corrected chi connectivity index (χ3v) is 17.4. The smallest absolute Gasteiger partial charge is 0.462 e. The van der Waals surface area contributed by atoms with Gasteiger partial charge in [0.25, 0.3) is 0 Å². The van der Waals surface area contributed by atoms with Crippen LogP contribution < -0.4 is 0 Å². The van der Waals surface area contributed by atoms with E-state index in [-0.39, 0.29) is 25.7 Å². The predicted octanol–water partition coefficient (Wildman–Crippen LogP) is 18.3.